The van der Waals surface area contributed by atoms with Crippen LogP contribution in [0, 0.1) is 0 Å². The molecule has 0 heterocycles. The zero-order valence-corrected chi connectivity index (χ0v) is 13.5. The maximum absolute atomic E-state index is 12.0. The molecule has 2 N–H and O–H groups in total. The molecule has 8 nitrogen and oxygen atoms in total. The largest absolute Gasteiger partial charge is 0.466 e. The molecule has 1 aromatic carbocycles. The van der Waals surface area contributed by atoms with Crippen molar-refractivity contribution in [2.24, 2.45) is 5.11 Å². The van der Waals surface area contributed by atoms with Crippen LogP contribution in [0.4, 0.5) is 0 Å². The number of esters is 1. The number of azide groups is 1. The van der Waals surface area contributed by atoms with Crippen molar-refractivity contribution in [2.75, 3.05) is 13.2 Å². The summed E-state index contributed by atoms with van der Waals surface area (Å²) in [5, 5.41) is 23.1. The summed E-state index contributed by atoms with van der Waals surface area (Å²) >= 11 is 0. The maximum Gasteiger partial charge on any atom is 0.306 e. The number of hydrogen-bond acceptors (Lipinski definition) is 6. The first-order valence-electron chi connectivity index (χ1n) is 7.65. The van der Waals surface area contributed by atoms with Crippen LogP contribution < -0.4 is 0 Å². The van der Waals surface area contributed by atoms with Gasteiger partial charge in [0.1, 0.15) is 6.10 Å². The lowest BCUT2D eigenvalue weighted by atomic mass is 9.99. The number of carbonyl (C=O) groups is 2. The van der Waals surface area contributed by atoms with Crippen molar-refractivity contribution in [2.45, 2.75) is 38.4 Å². The topological polar surface area (TPSA) is 133 Å². The fourth-order valence-corrected chi connectivity index (χ4v) is 2.07. The Balaban J connectivity index is 2.59. The fourth-order valence-electron chi connectivity index (χ4n) is 2.07. The highest BCUT2D eigenvalue weighted by Gasteiger charge is 2.18. The SMILES string of the molecule is CCOC(=O)CCC(=O)c1ccc(C(O)C(O)CCN=[N+]=[N-])cc1. The van der Waals surface area contributed by atoms with Gasteiger partial charge in [-0.25, -0.2) is 0 Å². The van der Waals surface area contributed by atoms with Gasteiger partial charge >= 0.3 is 5.97 Å². The Morgan fingerprint density at radius 3 is 2.50 bits per heavy atom. The molecule has 0 fully saturated rings. The second-order valence-corrected chi connectivity index (χ2v) is 5.11. The van der Waals surface area contributed by atoms with Gasteiger partial charge in [-0.05, 0) is 24.4 Å². The summed E-state index contributed by atoms with van der Waals surface area (Å²) in [6, 6.07) is 6.15. The van der Waals surface area contributed by atoms with Gasteiger partial charge in [-0.3, -0.25) is 9.59 Å². The molecular formula is C16H21N3O5. The summed E-state index contributed by atoms with van der Waals surface area (Å²) < 4.78 is 4.76. The van der Waals surface area contributed by atoms with Gasteiger partial charge in [0.15, 0.2) is 5.78 Å². The molecule has 0 spiro atoms. The van der Waals surface area contributed by atoms with Crippen molar-refractivity contribution in [1.29, 1.82) is 0 Å². The predicted octanol–water partition coefficient (Wildman–Crippen LogP) is 2.31. The van der Waals surface area contributed by atoms with Gasteiger partial charge in [0.2, 0.25) is 0 Å². The van der Waals surface area contributed by atoms with Crippen molar-refractivity contribution >= 4 is 11.8 Å². The van der Waals surface area contributed by atoms with E-state index < -0.39 is 18.2 Å². The first-order chi connectivity index (χ1) is 11.5. The Kier molecular flexibility index (Phi) is 8.49. The van der Waals surface area contributed by atoms with E-state index in [0.717, 1.165) is 0 Å². The summed E-state index contributed by atoms with van der Waals surface area (Å²) in [5.74, 6) is -0.617. The van der Waals surface area contributed by atoms with Crippen LogP contribution in [-0.4, -0.2) is 41.2 Å². The molecule has 0 amide bonds. The summed E-state index contributed by atoms with van der Waals surface area (Å²) in [4.78, 5) is 25.8. The molecule has 0 bridgehead atoms. The van der Waals surface area contributed by atoms with E-state index in [4.69, 9.17) is 10.3 Å². The zero-order chi connectivity index (χ0) is 17.9. The van der Waals surface area contributed by atoms with E-state index in [1.807, 2.05) is 0 Å². The third-order valence-corrected chi connectivity index (χ3v) is 3.39. The molecule has 0 aliphatic heterocycles. The molecule has 8 heteroatoms. The molecule has 2 atom stereocenters. The molecule has 0 aliphatic carbocycles. The lowest BCUT2D eigenvalue weighted by Gasteiger charge is -2.17. The van der Waals surface area contributed by atoms with Gasteiger partial charge < -0.3 is 14.9 Å². The monoisotopic (exact) mass is 335 g/mol. The van der Waals surface area contributed by atoms with Crippen LogP contribution in [0.2, 0.25) is 0 Å². The normalized spacial score (nSPS) is 12.8. The third-order valence-electron chi connectivity index (χ3n) is 3.39. The van der Waals surface area contributed by atoms with Gasteiger partial charge in [0.05, 0.1) is 19.1 Å². The summed E-state index contributed by atoms with van der Waals surface area (Å²) in [6.07, 6.45) is -2.00. The van der Waals surface area contributed by atoms with Crippen LogP contribution in [0.5, 0.6) is 0 Å². The Morgan fingerprint density at radius 1 is 1.25 bits per heavy atom. The highest BCUT2D eigenvalue weighted by atomic mass is 16.5. The number of ketones is 1. The quantitative estimate of drug-likeness (QED) is 0.222. The Bertz CT molecular complexity index is 596. The number of benzene rings is 1. The minimum absolute atomic E-state index is 0.0230. The fraction of sp³-hybridized carbons (Fsp3) is 0.500. The molecule has 1 rings (SSSR count). The second kappa shape index (κ2) is 10.4. The van der Waals surface area contributed by atoms with Gasteiger partial charge in [0.25, 0.3) is 0 Å². The smallest absolute Gasteiger partial charge is 0.306 e. The maximum atomic E-state index is 12.0. The Morgan fingerprint density at radius 2 is 1.92 bits per heavy atom. The average molecular weight is 335 g/mol. The number of hydrogen-bond donors (Lipinski definition) is 2. The van der Waals surface area contributed by atoms with E-state index in [9.17, 15) is 19.8 Å². The number of Topliss-reactive ketones (excluding diaryl/α,β-unsaturated/α-hetero) is 1. The molecule has 1 aromatic rings. The van der Waals surface area contributed by atoms with Crippen molar-refractivity contribution in [3.8, 4) is 0 Å². The Labute approximate surface area is 139 Å². The number of aliphatic hydroxyl groups is 2. The minimum Gasteiger partial charge on any atom is -0.466 e. The van der Waals surface area contributed by atoms with Gasteiger partial charge in [-0.1, -0.05) is 29.4 Å². The number of aliphatic hydroxyl groups excluding tert-OH is 2. The van der Waals surface area contributed by atoms with Crippen LogP contribution in [-0.2, 0) is 9.53 Å². The first-order valence-corrected chi connectivity index (χ1v) is 7.65. The molecule has 0 aliphatic rings. The highest BCUT2D eigenvalue weighted by Crippen LogP contribution is 2.20. The van der Waals surface area contributed by atoms with Gasteiger partial charge in [0, 0.05) is 23.4 Å². The number of ether oxygens (including phenoxy) is 1. The Hall–Kier alpha value is -2.41. The molecule has 0 aromatic heterocycles. The van der Waals surface area contributed by atoms with Crippen LogP contribution in [0.3, 0.4) is 0 Å². The second-order valence-electron chi connectivity index (χ2n) is 5.11. The number of carbonyl (C=O) groups excluding carboxylic acids is 2. The third kappa shape index (κ3) is 6.37. The van der Waals surface area contributed by atoms with Crippen molar-refractivity contribution in [3.63, 3.8) is 0 Å². The van der Waals surface area contributed by atoms with Crippen LogP contribution >= 0.6 is 0 Å². The molecule has 0 saturated heterocycles. The lowest BCUT2D eigenvalue weighted by molar-refractivity contribution is -0.143. The molecule has 0 radical (unpaired) electrons. The predicted molar refractivity (Wildman–Crippen MR) is 86.2 cm³/mol. The molecular weight excluding hydrogens is 314 g/mol. The van der Waals surface area contributed by atoms with Crippen LogP contribution in [0.25, 0.3) is 10.4 Å². The average Bonchev–Trinajstić information content (AvgIpc) is 2.59. The number of rotatable bonds is 10. The molecule has 2 unspecified atom stereocenters. The zero-order valence-electron chi connectivity index (χ0n) is 13.5. The van der Waals surface area contributed by atoms with Crippen molar-refractivity contribution in [3.05, 3.63) is 45.8 Å². The highest BCUT2D eigenvalue weighted by molar-refractivity contribution is 5.97. The van der Waals surface area contributed by atoms with Gasteiger partial charge in [-0.15, -0.1) is 0 Å². The molecule has 0 saturated carbocycles. The van der Waals surface area contributed by atoms with E-state index in [1.54, 1.807) is 19.1 Å². The standard InChI is InChI=1S/C16H21N3O5/c1-2-24-15(22)8-7-13(20)11-3-5-12(6-4-11)16(23)14(21)9-10-18-19-17/h3-6,14,16,21,23H,2,7-10H2,1H3. The lowest BCUT2D eigenvalue weighted by Crippen LogP contribution is -2.19. The van der Waals surface area contributed by atoms with Crippen LogP contribution in [0.15, 0.2) is 29.4 Å². The molecule has 130 valence electrons. The summed E-state index contributed by atoms with van der Waals surface area (Å²) in [7, 11) is 0. The minimum atomic E-state index is -1.14. The van der Waals surface area contributed by atoms with Gasteiger partial charge in [-0.2, -0.15) is 0 Å². The summed E-state index contributed by atoms with van der Waals surface area (Å²) in [5.41, 5.74) is 9.04. The van der Waals surface area contributed by atoms with E-state index in [0.29, 0.717) is 11.1 Å². The van der Waals surface area contributed by atoms with Crippen molar-refractivity contribution < 1.29 is 24.5 Å². The van der Waals surface area contributed by atoms with Crippen LogP contribution in [0.1, 0.15) is 48.2 Å². The van der Waals surface area contributed by atoms with E-state index >= 15 is 0 Å². The van der Waals surface area contributed by atoms with Crippen molar-refractivity contribution in [1.82, 2.24) is 0 Å². The summed E-state index contributed by atoms with van der Waals surface area (Å²) in [6.45, 7) is 2.06. The van der Waals surface area contributed by atoms with E-state index in [1.165, 1.54) is 12.1 Å². The first kappa shape index (κ1) is 19.6. The van der Waals surface area contributed by atoms with E-state index in [2.05, 4.69) is 10.0 Å². The number of nitrogens with zero attached hydrogens (tertiary/aromatic N) is 3. The van der Waals surface area contributed by atoms with E-state index in [-0.39, 0.29) is 38.2 Å². The molecule has 24 heavy (non-hydrogen) atoms.